The van der Waals surface area contributed by atoms with Gasteiger partial charge in [0.15, 0.2) is 0 Å². The topological polar surface area (TPSA) is 41.6 Å². The summed E-state index contributed by atoms with van der Waals surface area (Å²) in [4.78, 5) is 14.5. The fourth-order valence-electron chi connectivity index (χ4n) is 2.80. The van der Waals surface area contributed by atoms with Gasteiger partial charge in [-0.2, -0.15) is 0 Å². The van der Waals surface area contributed by atoms with Gasteiger partial charge in [-0.05, 0) is 63.5 Å². The standard InChI is InChI=1S/C17H26N2O2/c1-13(15-4-6-16(21-3)7-5-15)18-17(20)12-14-8-10-19(2)11-9-14/h4-7,13-14H,8-12H2,1-3H3,(H,18,20). The van der Waals surface area contributed by atoms with Crippen LogP contribution in [0, 0.1) is 5.92 Å². The van der Waals surface area contributed by atoms with Crippen molar-refractivity contribution >= 4 is 5.91 Å². The Labute approximate surface area is 127 Å². The molecule has 0 aliphatic carbocycles. The van der Waals surface area contributed by atoms with Crippen molar-refractivity contribution in [2.75, 3.05) is 27.2 Å². The maximum absolute atomic E-state index is 12.2. The van der Waals surface area contributed by atoms with Gasteiger partial charge in [0.1, 0.15) is 5.75 Å². The summed E-state index contributed by atoms with van der Waals surface area (Å²) in [6.45, 7) is 4.23. The molecular weight excluding hydrogens is 264 g/mol. The van der Waals surface area contributed by atoms with Crippen molar-refractivity contribution in [3.63, 3.8) is 0 Å². The number of hydrogen-bond donors (Lipinski definition) is 1. The lowest BCUT2D eigenvalue weighted by Gasteiger charge is -2.28. The summed E-state index contributed by atoms with van der Waals surface area (Å²) < 4.78 is 5.15. The van der Waals surface area contributed by atoms with Crippen molar-refractivity contribution in [1.29, 1.82) is 0 Å². The van der Waals surface area contributed by atoms with Crippen LogP contribution >= 0.6 is 0 Å². The van der Waals surface area contributed by atoms with E-state index < -0.39 is 0 Å². The molecule has 1 aromatic rings. The summed E-state index contributed by atoms with van der Waals surface area (Å²) in [6.07, 6.45) is 2.90. The molecule has 1 saturated heterocycles. The van der Waals surface area contributed by atoms with E-state index in [-0.39, 0.29) is 11.9 Å². The van der Waals surface area contributed by atoms with Crippen molar-refractivity contribution in [2.45, 2.75) is 32.2 Å². The summed E-state index contributed by atoms with van der Waals surface area (Å²) >= 11 is 0. The first-order valence-corrected chi connectivity index (χ1v) is 7.70. The van der Waals surface area contributed by atoms with E-state index >= 15 is 0 Å². The molecule has 4 nitrogen and oxygen atoms in total. The highest BCUT2D eigenvalue weighted by Gasteiger charge is 2.20. The molecular formula is C17H26N2O2. The average Bonchev–Trinajstić information content (AvgIpc) is 2.49. The van der Waals surface area contributed by atoms with E-state index in [1.807, 2.05) is 31.2 Å². The van der Waals surface area contributed by atoms with Crippen LogP contribution in [0.1, 0.15) is 37.8 Å². The van der Waals surface area contributed by atoms with Crippen molar-refractivity contribution in [2.24, 2.45) is 5.92 Å². The molecule has 0 bridgehead atoms. The van der Waals surface area contributed by atoms with Crippen molar-refractivity contribution < 1.29 is 9.53 Å². The molecule has 1 unspecified atom stereocenters. The fourth-order valence-corrected chi connectivity index (χ4v) is 2.80. The molecule has 1 aromatic carbocycles. The zero-order chi connectivity index (χ0) is 15.2. The summed E-state index contributed by atoms with van der Waals surface area (Å²) in [5.41, 5.74) is 1.10. The molecule has 1 atom stereocenters. The van der Waals surface area contributed by atoms with Crippen LogP contribution in [0.4, 0.5) is 0 Å². The predicted octanol–water partition coefficient (Wildman–Crippen LogP) is 2.60. The summed E-state index contributed by atoms with van der Waals surface area (Å²) in [5, 5.41) is 3.10. The minimum absolute atomic E-state index is 0.0367. The molecule has 0 saturated carbocycles. The number of piperidine rings is 1. The number of nitrogens with zero attached hydrogens (tertiary/aromatic N) is 1. The van der Waals surface area contributed by atoms with Gasteiger partial charge in [0, 0.05) is 6.42 Å². The van der Waals surface area contributed by atoms with Gasteiger partial charge in [-0.1, -0.05) is 12.1 Å². The van der Waals surface area contributed by atoms with Crippen molar-refractivity contribution in [3.05, 3.63) is 29.8 Å². The molecule has 1 aliphatic heterocycles. The number of amides is 1. The summed E-state index contributed by atoms with van der Waals surface area (Å²) in [6, 6.07) is 7.89. The molecule has 4 heteroatoms. The summed E-state index contributed by atoms with van der Waals surface area (Å²) in [5.74, 6) is 1.53. The lowest BCUT2D eigenvalue weighted by Crippen LogP contribution is -2.34. The highest BCUT2D eigenvalue weighted by atomic mass is 16.5. The number of hydrogen-bond acceptors (Lipinski definition) is 3. The van der Waals surface area contributed by atoms with Crippen LogP contribution in [0.2, 0.25) is 0 Å². The van der Waals surface area contributed by atoms with E-state index in [1.165, 1.54) is 0 Å². The third kappa shape index (κ3) is 4.74. The smallest absolute Gasteiger partial charge is 0.220 e. The van der Waals surface area contributed by atoms with Crippen LogP contribution in [-0.4, -0.2) is 38.1 Å². The third-order valence-corrected chi connectivity index (χ3v) is 4.31. The number of nitrogens with one attached hydrogen (secondary N) is 1. The minimum Gasteiger partial charge on any atom is -0.497 e. The maximum Gasteiger partial charge on any atom is 0.220 e. The van der Waals surface area contributed by atoms with Crippen LogP contribution in [-0.2, 0) is 4.79 Å². The molecule has 2 rings (SSSR count). The SMILES string of the molecule is COc1ccc(C(C)NC(=O)CC2CCN(C)CC2)cc1. The molecule has 1 aliphatic rings. The van der Waals surface area contributed by atoms with Gasteiger partial charge >= 0.3 is 0 Å². The zero-order valence-electron chi connectivity index (χ0n) is 13.3. The first kappa shape index (κ1) is 15.8. The lowest BCUT2D eigenvalue weighted by atomic mass is 9.93. The molecule has 1 heterocycles. The van der Waals surface area contributed by atoms with Gasteiger partial charge < -0.3 is 15.0 Å². The van der Waals surface area contributed by atoms with Crippen LogP contribution in [0.3, 0.4) is 0 Å². The van der Waals surface area contributed by atoms with E-state index in [2.05, 4.69) is 17.3 Å². The van der Waals surface area contributed by atoms with Gasteiger partial charge in [-0.3, -0.25) is 4.79 Å². The Morgan fingerprint density at radius 1 is 1.33 bits per heavy atom. The van der Waals surface area contributed by atoms with E-state index in [4.69, 9.17) is 4.74 Å². The Morgan fingerprint density at radius 3 is 2.52 bits per heavy atom. The quantitative estimate of drug-likeness (QED) is 0.906. The molecule has 0 spiro atoms. The Bertz CT molecular complexity index is 450. The third-order valence-electron chi connectivity index (χ3n) is 4.31. The highest BCUT2D eigenvalue weighted by Crippen LogP contribution is 2.21. The van der Waals surface area contributed by atoms with Gasteiger partial charge in [0.25, 0.3) is 0 Å². The van der Waals surface area contributed by atoms with Gasteiger partial charge in [-0.15, -0.1) is 0 Å². The second-order valence-corrected chi connectivity index (χ2v) is 6.01. The number of benzene rings is 1. The molecule has 1 amide bonds. The molecule has 116 valence electrons. The number of likely N-dealkylation sites (tertiary alicyclic amines) is 1. The van der Waals surface area contributed by atoms with Gasteiger partial charge in [0.2, 0.25) is 5.91 Å². The minimum atomic E-state index is 0.0367. The Hall–Kier alpha value is -1.55. The zero-order valence-corrected chi connectivity index (χ0v) is 13.3. The number of carbonyl (C=O) groups is 1. The first-order valence-electron chi connectivity index (χ1n) is 7.70. The number of methoxy groups -OCH3 is 1. The second kappa shape index (κ2) is 7.46. The fraction of sp³-hybridized carbons (Fsp3) is 0.588. The largest absolute Gasteiger partial charge is 0.497 e. The van der Waals surface area contributed by atoms with Crippen molar-refractivity contribution in [1.82, 2.24) is 10.2 Å². The number of rotatable bonds is 5. The monoisotopic (exact) mass is 290 g/mol. The average molecular weight is 290 g/mol. The van der Waals surface area contributed by atoms with Crippen LogP contribution in [0.25, 0.3) is 0 Å². The maximum atomic E-state index is 12.2. The number of carbonyl (C=O) groups excluding carboxylic acids is 1. The van der Waals surface area contributed by atoms with Crippen LogP contribution < -0.4 is 10.1 Å². The van der Waals surface area contributed by atoms with E-state index in [1.54, 1.807) is 7.11 Å². The Balaban J connectivity index is 1.81. The Kier molecular flexibility index (Phi) is 5.62. The summed E-state index contributed by atoms with van der Waals surface area (Å²) in [7, 11) is 3.80. The number of ether oxygens (including phenoxy) is 1. The normalized spacial score (nSPS) is 18.2. The molecule has 0 radical (unpaired) electrons. The molecule has 21 heavy (non-hydrogen) atoms. The van der Waals surface area contributed by atoms with Gasteiger partial charge in [-0.25, -0.2) is 0 Å². The highest BCUT2D eigenvalue weighted by molar-refractivity contribution is 5.76. The molecule has 1 N–H and O–H groups in total. The molecule has 0 aromatic heterocycles. The van der Waals surface area contributed by atoms with Crippen molar-refractivity contribution in [3.8, 4) is 5.75 Å². The van der Waals surface area contributed by atoms with E-state index in [0.717, 1.165) is 37.2 Å². The Morgan fingerprint density at radius 2 is 1.95 bits per heavy atom. The van der Waals surface area contributed by atoms with Crippen LogP contribution in [0.5, 0.6) is 5.75 Å². The molecule has 1 fully saturated rings. The van der Waals surface area contributed by atoms with E-state index in [9.17, 15) is 4.79 Å². The first-order chi connectivity index (χ1) is 10.1. The van der Waals surface area contributed by atoms with Crippen LogP contribution in [0.15, 0.2) is 24.3 Å². The van der Waals surface area contributed by atoms with E-state index in [0.29, 0.717) is 12.3 Å². The lowest BCUT2D eigenvalue weighted by molar-refractivity contribution is -0.123. The second-order valence-electron chi connectivity index (χ2n) is 6.01. The van der Waals surface area contributed by atoms with Gasteiger partial charge in [0.05, 0.1) is 13.2 Å². The predicted molar refractivity (Wildman–Crippen MR) is 84.4 cm³/mol.